The molecule has 14 heavy (non-hydrogen) atoms. The second-order valence-electron chi connectivity index (χ2n) is 3.62. The molecule has 1 saturated heterocycles. The Morgan fingerprint density at radius 2 is 2.43 bits per heavy atom. The van der Waals surface area contributed by atoms with E-state index in [0.717, 1.165) is 25.1 Å². The van der Waals surface area contributed by atoms with E-state index >= 15 is 0 Å². The molecule has 4 heteroatoms. The van der Waals surface area contributed by atoms with Crippen LogP contribution in [0.1, 0.15) is 26.7 Å². The van der Waals surface area contributed by atoms with Gasteiger partial charge in [0.2, 0.25) is 5.91 Å². The minimum atomic E-state index is 0.0729. The van der Waals surface area contributed by atoms with Crippen molar-refractivity contribution in [3.8, 4) is 0 Å². The summed E-state index contributed by atoms with van der Waals surface area (Å²) in [6, 6.07) is 0.407. The SMILES string of the molecule is CCSCCC(C)N1CCC(Br)C1=O. The lowest BCUT2D eigenvalue weighted by Crippen LogP contribution is -2.36. The molecule has 0 saturated carbocycles. The minimum Gasteiger partial charge on any atom is -0.339 e. The summed E-state index contributed by atoms with van der Waals surface area (Å²) in [6.07, 6.45) is 2.08. The van der Waals surface area contributed by atoms with Gasteiger partial charge >= 0.3 is 0 Å². The normalized spacial score (nSPS) is 24.4. The molecule has 1 fully saturated rings. The van der Waals surface area contributed by atoms with Crippen LogP contribution in [0.25, 0.3) is 0 Å². The van der Waals surface area contributed by atoms with Gasteiger partial charge in [0.1, 0.15) is 0 Å². The molecule has 0 aromatic rings. The fourth-order valence-corrected chi connectivity index (χ4v) is 2.92. The highest BCUT2D eigenvalue weighted by molar-refractivity contribution is 9.10. The Kier molecular flexibility index (Phi) is 5.31. The third-order valence-corrected chi connectivity index (χ3v) is 4.37. The number of thioether (sulfide) groups is 1. The number of alkyl halides is 1. The maximum absolute atomic E-state index is 11.7. The van der Waals surface area contributed by atoms with Gasteiger partial charge in [0.05, 0.1) is 4.83 Å². The van der Waals surface area contributed by atoms with Crippen LogP contribution < -0.4 is 0 Å². The molecule has 0 radical (unpaired) electrons. The first-order chi connectivity index (χ1) is 6.66. The zero-order valence-corrected chi connectivity index (χ0v) is 11.2. The van der Waals surface area contributed by atoms with Crippen molar-refractivity contribution >= 4 is 33.6 Å². The molecule has 0 aromatic heterocycles. The first kappa shape index (κ1) is 12.4. The Balaban J connectivity index is 2.30. The van der Waals surface area contributed by atoms with E-state index in [4.69, 9.17) is 0 Å². The molecule has 2 atom stereocenters. The monoisotopic (exact) mass is 279 g/mol. The van der Waals surface area contributed by atoms with E-state index in [1.54, 1.807) is 0 Å². The van der Waals surface area contributed by atoms with Crippen LogP contribution in [0.3, 0.4) is 0 Å². The first-order valence-electron chi connectivity index (χ1n) is 5.19. The smallest absolute Gasteiger partial charge is 0.236 e. The van der Waals surface area contributed by atoms with Gasteiger partial charge in [-0.05, 0) is 31.3 Å². The van der Waals surface area contributed by atoms with Gasteiger partial charge in [-0.15, -0.1) is 0 Å². The summed E-state index contributed by atoms with van der Waals surface area (Å²) in [6.45, 7) is 5.25. The number of likely N-dealkylation sites (tertiary alicyclic amines) is 1. The second kappa shape index (κ2) is 6.01. The Labute approximate surface area is 98.9 Å². The predicted molar refractivity (Wildman–Crippen MR) is 66.1 cm³/mol. The standard InChI is InChI=1S/C10H18BrNOS/c1-3-14-7-5-8(2)12-6-4-9(11)10(12)13/h8-9H,3-7H2,1-2H3. The number of carbonyl (C=O) groups is 1. The summed E-state index contributed by atoms with van der Waals surface area (Å²) in [5.74, 6) is 2.61. The lowest BCUT2D eigenvalue weighted by Gasteiger charge is -2.24. The summed E-state index contributed by atoms with van der Waals surface area (Å²) in [4.78, 5) is 13.7. The van der Waals surface area contributed by atoms with Gasteiger partial charge in [-0.1, -0.05) is 22.9 Å². The number of carbonyl (C=O) groups excluding carboxylic acids is 1. The average Bonchev–Trinajstić information content (AvgIpc) is 2.48. The molecule has 0 N–H and O–H groups in total. The summed E-state index contributed by atoms with van der Waals surface area (Å²) in [5.41, 5.74) is 0. The van der Waals surface area contributed by atoms with E-state index in [9.17, 15) is 4.79 Å². The summed E-state index contributed by atoms with van der Waals surface area (Å²) in [7, 11) is 0. The topological polar surface area (TPSA) is 20.3 Å². The molecule has 0 spiro atoms. The van der Waals surface area contributed by atoms with E-state index in [1.165, 1.54) is 5.75 Å². The Bertz CT molecular complexity index is 201. The van der Waals surface area contributed by atoms with Crippen molar-refractivity contribution in [3.63, 3.8) is 0 Å². The molecule has 0 bridgehead atoms. The second-order valence-corrected chi connectivity index (χ2v) is 6.12. The maximum atomic E-state index is 11.7. The highest BCUT2D eigenvalue weighted by Crippen LogP contribution is 2.22. The van der Waals surface area contributed by atoms with Crippen LogP contribution in [0.15, 0.2) is 0 Å². The minimum absolute atomic E-state index is 0.0729. The molecule has 0 aliphatic carbocycles. The molecule has 82 valence electrons. The van der Waals surface area contributed by atoms with Crippen LogP contribution in [0.2, 0.25) is 0 Å². The molecule has 1 heterocycles. The quantitative estimate of drug-likeness (QED) is 0.569. The predicted octanol–water partition coefficient (Wildman–Crippen LogP) is 2.51. The van der Waals surface area contributed by atoms with Crippen molar-refractivity contribution in [1.29, 1.82) is 0 Å². The van der Waals surface area contributed by atoms with Crippen molar-refractivity contribution in [2.45, 2.75) is 37.6 Å². The van der Waals surface area contributed by atoms with Crippen molar-refractivity contribution in [2.75, 3.05) is 18.1 Å². The maximum Gasteiger partial charge on any atom is 0.236 e. The number of halogens is 1. The summed E-state index contributed by atoms with van der Waals surface area (Å²) >= 11 is 5.35. The Morgan fingerprint density at radius 3 is 2.93 bits per heavy atom. The fourth-order valence-electron chi connectivity index (χ4n) is 1.66. The van der Waals surface area contributed by atoms with E-state index in [1.807, 2.05) is 16.7 Å². The average molecular weight is 280 g/mol. The van der Waals surface area contributed by atoms with Crippen LogP contribution in [0, 0.1) is 0 Å². The van der Waals surface area contributed by atoms with Gasteiger partial charge in [-0.3, -0.25) is 4.79 Å². The van der Waals surface area contributed by atoms with E-state index in [2.05, 4.69) is 29.8 Å². The number of hydrogen-bond donors (Lipinski definition) is 0. The lowest BCUT2D eigenvalue weighted by atomic mass is 10.2. The van der Waals surface area contributed by atoms with Crippen LogP contribution >= 0.6 is 27.7 Å². The zero-order chi connectivity index (χ0) is 10.6. The number of rotatable bonds is 5. The third-order valence-electron chi connectivity index (χ3n) is 2.59. The Hall–Kier alpha value is 0.300. The number of nitrogens with zero attached hydrogens (tertiary/aromatic N) is 1. The van der Waals surface area contributed by atoms with Gasteiger partial charge in [0.25, 0.3) is 0 Å². The fraction of sp³-hybridized carbons (Fsp3) is 0.900. The highest BCUT2D eigenvalue weighted by atomic mass is 79.9. The molecular weight excluding hydrogens is 262 g/mol. The summed E-state index contributed by atoms with van der Waals surface area (Å²) in [5, 5.41) is 0. The van der Waals surface area contributed by atoms with Crippen LogP contribution in [-0.4, -0.2) is 39.7 Å². The van der Waals surface area contributed by atoms with E-state index < -0.39 is 0 Å². The van der Waals surface area contributed by atoms with Crippen LogP contribution in [0.5, 0.6) is 0 Å². The van der Waals surface area contributed by atoms with E-state index in [-0.39, 0.29) is 10.7 Å². The van der Waals surface area contributed by atoms with Crippen LogP contribution in [0.4, 0.5) is 0 Å². The zero-order valence-electron chi connectivity index (χ0n) is 8.83. The van der Waals surface area contributed by atoms with E-state index in [0.29, 0.717) is 6.04 Å². The molecule has 0 aromatic carbocycles. The van der Waals surface area contributed by atoms with Gasteiger partial charge in [-0.2, -0.15) is 11.8 Å². The van der Waals surface area contributed by atoms with Gasteiger partial charge in [-0.25, -0.2) is 0 Å². The number of amides is 1. The number of hydrogen-bond acceptors (Lipinski definition) is 2. The van der Waals surface area contributed by atoms with Crippen molar-refractivity contribution < 1.29 is 4.79 Å². The van der Waals surface area contributed by atoms with Crippen molar-refractivity contribution in [1.82, 2.24) is 4.90 Å². The van der Waals surface area contributed by atoms with Gasteiger partial charge in [0.15, 0.2) is 0 Å². The largest absolute Gasteiger partial charge is 0.339 e. The Morgan fingerprint density at radius 1 is 1.71 bits per heavy atom. The molecule has 1 aliphatic rings. The van der Waals surface area contributed by atoms with Crippen molar-refractivity contribution in [3.05, 3.63) is 0 Å². The van der Waals surface area contributed by atoms with Crippen LogP contribution in [-0.2, 0) is 4.79 Å². The lowest BCUT2D eigenvalue weighted by molar-refractivity contribution is -0.128. The molecule has 1 amide bonds. The molecule has 2 nitrogen and oxygen atoms in total. The molecular formula is C10H18BrNOS. The molecule has 1 rings (SSSR count). The van der Waals surface area contributed by atoms with Gasteiger partial charge < -0.3 is 4.90 Å². The first-order valence-corrected chi connectivity index (χ1v) is 7.26. The highest BCUT2D eigenvalue weighted by Gasteiger charge is 2.31. The third kappa shape index (κ3) is 3.16. The summed E-state index contributed by atoms with van der Waals surface area (Å²) < 4.78 is 0. The van der Waals surface area contributed by atoms with Crippen molar-refractivity contribution in [2.24, 2.45) is 0 Å². The molecule has 1 aliphatic heterocycles. The molecule has 2 unspecified atom stereocenters. The van der Waals surface area contributed by atoms with Gasteiger partial charge in [0, 0.05) is 12.6 Å².